The monoisotopic (exact) mass is 428 g/mol. The molecule has 5 rings (SSSR count). The van der Waals surface area contributed by atoms with Crippen molar-refractivity contribution in [2.24, 2.45) is 0 Å². The normalized spacial score (nSPS) is 11.3. The van der Waals surface area contributed by atoms with Gasteiger partial charge in [-0.2, -0.15) is 5.10 Å². The Bertz CT molecular complexity index is 1410. The summed E-state index contributed by atoms with van der Waals surface area (Å²) in [6.07, 6.45) is 3.98. The van der Waals surface area contributed by atoms with Crippen molar-refractivity contribution in [2.75, 3.05) is 13.1 Å². The summed E-state index contributed by atoms with van der Waals surface area (Å²) in [7, 11) is 0. The summed E-state index contributed by atoms with van der Waals surface area (Å²) < 4.78 is 10.5. The molecule has 2 heterocycles. The summed E-state index contributed by atoms with van der Waals surface area (Å²) in [4.78, 5) is 0. The summed E-state index contributed by atoms with van der Waals surface area (Å²) in [5, 5.41) is 7.43. The molecule has 0 saturated carbocycles. The molecule has 0 N–H and O–H groups in total. The molecule has 3 aromatic rings. The van der Waals surface area contributed by atoms with Crippen molar-refractivity contribution >= 4 is 22.6 Å². The zero-order valence-electron chi connectivity index (χ0n) is 17.5. The highest BCUT2D eigenvalue weighted by Gasteiger charge is 2.19. The molecule has 1 aromatic heterocycles. The van der Waals surface area contributed by atoms with Crippen LogP contribution in [-0.4, -0.2) is 22.9 Å². The molecule has 0 spiro atoms. The zero-order chi connectivity index (χ0) is 21.4. The van der Waals surface area contributed by atoms with Gasteiger partial charge in [0.2, 0.25) is 5.36 Å². The summed E-state index contributed by atoms with van der Waals surface area (Å²) in [6.45, 7) is 6.21. The molecule has 0 radical (unpaired) electrons. The maximum Gasteiger partial charge on any atom is 0.203 e. The maximum absolute atomic E-state index is 6.32. The van der Waals surface area contributed by atoms with Gasteiger partial charge in [-0.05, 0) is 44.2 Å². The van der Waals surface area contributed by atoms with E-state index in [1.54, 1.807) is 0 Å². The lowest BCUT2D eigenvalue weighted by atomic mass is 9.95. The van der Waals surface area contributed by atoms with Crippen LogP contribution < -0.4 is 9.93 Å². The van der Waals surface area contributed by atoms with Crippen LogP contribution in [0.1, 0.15) is 13.8 Å². The quantitative estimate of drug-likeness (QED) is 0.265. The van der Waals surface area contributed by atoms with E-state index in [-0.39, 0.29) is 0 Å². The fourth-order valence-electron chi connectivity index (χ4n) is 4.12. The molecule has 0 unspecified atom stereocenters. The molecule has 4 nitrogen and oxygen atoms in total. The average molecular weight is 429 g/mol. The number of halogens is 1. The highest BCUT2D eigenvalue weighted by atomic mass is 35.5. The molecule has 154 valence electrons. The van der Waals surface area contributed by atoms with E-state index < -0.39 is 0 Å². The molecular weight excluding hydrogens is 406 g/mol. The van der Waals surface area contributed by atoms with Crippen molar-refractivity contribution in [2.45, 2.75) is 13.8 Å². The summed E-state index contributed by atoms with van der Waals surface area (Å²) in [5.74, 6) is 0.835. The summed E-state index contributed by atoms with van der Waals surface area (Å²) >= 11 is 6.29. The molecule has 1 aliphatic carbocycles. The van der Waals surface area contributed by atoms with Crippen LogP contribution in [0.2, 0.25) is 5.02 Å². The first-order chi connectivity index (χ1) is 15.2. The first kappa shape index (κ1) is 19.6. The SMILES string of the molecule is CC[N+](CC)=c1ccc2c(-c3cnn(-c4ccccc4)c3)c3ccc(Cl)cc3oc-2c1. The Morgan fingerprint density at radius 2 is 1.77 bits per heavy atom. The number of hydrogen-bond donors (Lipinski definition) is 0. The number of fused-ring (bicyclic) bond motifs is 2. The Morgan fingerprint density at radius 3 is 2.55 bits per heavy atom. The van der Waals surface area contributed by atoms with E-state index in [1.165, 1.54) is 0 Å². The Balaban J connectivity index is 1.80. The maximum atomic E-state index is 6.32. The Labute approximate surface area is 186 Å². The van der Waals surface area contributed by atoms with Gasteiger partial charge in [0.05, 0.1) is 18.0 Å². The van der Waals surface area contributed by atoms with Crippen molar-refractivity contribution in [3.05, 3.63) is 89.5 Å². The molecule has 0 saturated heterocycles. The lowest BCUT2D eigenvalue weighted by Crippen LogP contribution is -2.29. The smallest absolute Gasteiger partial charge is 0.203 e. The van der Waals surface area contributed by atoms with Crippen LogP contribution in [0.4, 0.5) is 0 Å². The average Bonchev–Trinajstić information content (AvgIpc) is 3.28. The van der Waals surface area contributed by atoms with Gasteiger partial charge in [-0.1, -0.05) is 29.8 Å². The molecule has 2 aliphatic rings. The van der Waals surface area contributed by atoms with Gasteiger partial charge < -0.3 is 4.42 Å². The second-order valence-corrected chi connectivity index (χ2v) is 7.92. The topological polar surface area (TPSA) is 34.0 Å². The molecular formula is C26H23ClN3O+. The van der Waals surface area contributed by atoms with Crippen molar-refractivity contribution < 1.29 is 4.42 Å². The van der Waals surface area contributed by atoms with Crippen LogP contribution in [0.25, 0.3) is 39.1 Å². The van der Waals surface area contributed by atoms with Crippen LogP contribution in [0.5, 0.6) is 0 Å². The minimum atomic E-state index is 0.654. The summed E-state index contributed by atoms with van der Waals surface area (Å²) in [6, 6.07) is 22.4. The van der Waals surface area contributed by atoms with Crippen LogP contribution in [0, 0.1) is 0 Å². The van der Waals surface area contributed by atoms with E-state index in [4.69, 9.17) is 16.0 Å². The van der Waals surface area contributed by atoms with Gasteiger partial charge in [0.1, 0.15) is 24.4 Å². The Morgan fingerprint density at radius 1 is 0.968 bits per heavy atom. The number of rotatable bonds is 4. The summed E-state index contributed by atoms with van der Waals surface area (Å²) in [5.41, 5.74) is 4.97. The Hall–Kier alpha value is -3.37. The van der Waals surface area contributed by atoms with Crippen molar-refractivity contribution in [1.29, 1.82) is 0 Å². The lowest BCUT2D eigenvalue weighted by molar-refractivity contribution is 0.605. The molecule has 31 heavy (non-hydrogen) atoms. The molecule has 0 fully saturated rings. The lowest BCUT2D eigenvalue weighted by Gasteiger charge is -2.14. The number of nitrogens with zero attached hydrogens (tertiary/aromatic N) is 3. The molecule has 0 amide bonds. The van der Waals surface area contributed by atoms with E-state index in [1.807, 2.05) is 59.4 Å². The van der Waals surface area contributed by atoms with Crippen molar-refractivity contribution in [3.63, 3.8) is 0 Å². The van der Waals surface area contributed by atoms with Crippen LogP contribution in [0.3, 0.4) is 0 Å². The molecule has 2 aromatic carbocycles. The fourth-order valence-corrected chi connectivity index (χ4v) is 4.29. The third kappa shape index (κ3) is 3.53. The van der Waals surface area contributed by atoms with Gasteiger partial charge in [-0.15, -0.1) is 0 Å². The largest absolute Gasteiger partial charge is 0.456 e. The van der Waals surface area contributed by atoms with Crippen LogP contribution >= 0.6 is 11.6 Å². The van der Waals surface area contributed by atoms with Gasteiger partial charge in [0.25, 0.3) is 0 Å². The zero-order valence-corrected chi connectivity index (χ0v) is 18.3. The van der Waals surface area contributed by atoms with E-state index >= 15 is 0 Å². The fraction of sp³-hybridized carbons (Fsp3) is 0.154. The Kier molecular flexibility index (Phi) is 5.08. The molecule has 0 bridgehead atoms. The van der Waals surface area contributed by atoms with Gasteiger partial charge >= 0.3 is 0 Å². The van der Waals surface area contributed by atoms with Gasteiger partial charge in [0, 0.05) is 45.4 Å². The van der Waals surface area contributed by atoms with E-state index in [2.05, 4.69) is 47.9 Å². The first-order valence-corrected chi connectivity index (χ1v) is 10.9. The third-order valence-corrected chi connectivity index (χ3v) is 5.92. The number of benzene rings is 3. The first-order valence-electron chi connectivity index (χ1n) is 10.5. The molecule has 0 atom stereocenters. The minimum absolute atomic E-state index is 0.654. The highest BCUT2D eigenvalue weighted by molar-refractivity contribution is 6.31. The number of para-hydroxylation sites is 1. The standard InChI is InChI=1S/C26H23ClN3O/c1-3-29(4-2)21-11-13-23-25(15-21)31-24-14-19(27)10-12-22(24)26(23)18-16-28-30(17-18)20-8-6-5-7-9-20/h5-17H,3-4H2,1-2H3/q+1. The van der Waals surface area contributed by atoms with Crippen LogP contribution in [0.15, 0.2) is 83.5 Å². The van der Waals surface area contributed by atoms with Gasteiger partial charge in [-0.3, -0.25) is 0 Å². The number of aromatic nitrogens is 2. The molecule has 5 heteroatoms. The van der Waals surface area contributed by atoms with Crippen molar-refractivity contribution in [3.8, 4) is 28.1 Å². The predicted molar refractivity (Wildman–Crippen MR) is 127 cm³/mol. The van der Waals surface area contributed by atoms with Crippen molar-refractivity contribution in [1.82, 2.24) is 14.4 Å². The predicted octanol–water partition coefficient (Wildman–Crippen LogP) is 5.86. The second kappa shape index (κ2) is 8.05. The van der Waals surface area contributed by atoms with Gasteiger partial charge in [-0.25, -0.2) is 9.26 Å². The van der Waals surface area contributed by atoms with E-state index in [9.17, 15) is 0 Å². The van der Waals surface area contributed by atoms with Gasteiger partial charge in [0.15, 0.2) is 0 Å². The van der Waals surface area contributed by atoms with E-state index in [0.717, 1.165) is 57.6 Å². The second-order valence-electron chi connectivity index (χ2n) is 7.48. The minimum Gasteiger partial charge on any atom is -0.456 e. The van der Waals surface area contributed by atoms with Crippen LogP contribution in [-0.2, 0) is 0 Å². The van der Waals surface area contributed by atoms with E-state index in [0.29, 0.717) is 5.02 Å². The third-order valence-electron chi connectivity index (χ3n) is 5.69. The number of hydrogen-bond acceptors (Lipinski definition) is 2. The highest BCUT2D eigenvalue weighted by Crippen LogP contribution is 2.40. The molecule has 1 aliphatic heterocycles.